The average Bonchev–Trinajstić information content (AvgIpc) is 2.40. The monoisotopic (exact) mass is 263 g/mol. The molecule has 3 heteroatoms. The molecule has 1 fully saturated rings. The highest BCUT2D eigenvalue weighted by molar-refractivity contribution is 5.21. The molecule has 3 atom stereocenters. The van der Waals surface area contributed by atoms with Crippen molar-refractivity contribution in [3.05, 3.63) is 35.9 Å². The molecule has 0 aromatic heterocycles. The third-order valence-corrected chi connectivity index (χ3v) is 4.05. The molecule has 1 aromatic rings. The van der Waals surface area contributed by atoms with Crippen molar-refractivity contribution in [2.75, 3.05) is 13.1 Å². The largest absolute Gasteiger partial charge is 0.393 e. The first-order chi connectivity index (χ1) is 9.08. The second kappa shape index (κ2) is 6.51. The van der Waals surface area contributed by atoms with E-state index in [1.54, 1.807) is 0 Å². The molecule has 0 saturated heterocycles. The first-order valence-electron chi connectivity index (χ1n) is 7.24. The van der Waals surface area contributed by atoms with Crippen molar-refractivity contribution in [2.45, 2.75) is 44.3 Å². The van der Waals surface area contributed by atoms with Crippen LogP contribution in [0.4, 0.5) is 0 Å². The van der Waals surface area contributed by atoms with Crippen LogP contribution in [0.5, 0.6) is 0 Å². The molecule has 1 saturated carbocycles. The highest BCUT2D eigenvalue weighted by Crippen LogP contribution is 2.24. The summed E-state index contributed by atoms with van der Waals surface area (Å²) in [4.78, 5) is 0. The fourth-order valence-electron chi connectivity index (χ4n) is 2.87. The predicted octanol–water partition coefficient (Wildman–Crippen LogP) is 2.03. The maximum Gasteiger partial charge on any atom is 0.0992 e. The number of benzene rings is 1. The lowest BCUT2D eigenvalue weighted by Crippen LogP contribution is -2.38. The minimum absolute atomic E-state index is 0.129. The van der Waals surface area contributed by atoms with Crippen molar-refractivity contribution in [1.82, 2.24) is 5.32 Å². The van der Waals surface area contributed by atoms with Gasteiger partial charge in [0.15, 0.2) is 0 Å². The van der Waals surface area contributed by atoms with Crippen LogP contribution in [0.2, 0.25) is 0 Å². The number of hydrogen-bond donors (Lipinski definition) is 3. The molecule has 0 amide bonds. The topological polar surface area (TPSA) is 52.5 Å². The zero-order valence-corrected chi connectivity index (χ0v) is 11.7. The van der Waals surface area contributed by atoms with Crippen LogP contribution in [0.1, 0.15) is 38.2 Å². The Morgan fingerprint density at radius 2 is 2.00 bits per heavy atom. The van der Waals surface area contributed by atoms with Gasteiger partial charge in [-0.1, -0.05) is 36.8 Å². The lowest BCUT2D eigenvalue weighted by atomic mass is 9.87. The van der Waals surface area contributed by atoms with E-state index in [1.165, 1.54) is 6.42 Å². The van der Waals surface area contributed by atoms with Crippen molar-refractivity contribution < 1.29 is 10.2 Å². The summed E-state index contributed by atoms with van der Waals surface area (Å²) in [5, 5.41) is 23.4. The van der Waals surface area contributed by atoms with Gasteiger partial charge in [0, 0.05) is 6.54 Å². The Morgan fingerprint density at radius 1 is 1.26 bits per heavy atom. The third-order valence-electron chi connectivity index (χ3n) is 4.05. The van der Waals surface area contributed by atoms with Gasteiger partial charge in [0.05, 0.1) is 11.7 Å². The Labute approximate surface area is 115 Å². The summed E-state index contributed by atoms with van der Waals surface area (Å²) in [6, 6.07) is 9.75. The van der Waals surface area contributed by atoms with Crippen LogP contribution in [0.15, 0.2) is 30.3 Å². The van der Waals surface area contributed by atoms with E-state index in [4.69, 9.17) is 0 Å². The average molecular weight is 263 g/mol. The summed E-state index contributed by atoms with van der Waals surface area (Å²) in [7, 11) is 0. The normalized spacial score (nSPS) is 26.9. The van der Waals surface area contributed by atoms with Crippen molar-refractivity contribution in [3.8, 4) is 0 Å². The standard InChI is InChI=1S/C16H25NO2/c1-16(19,14-7-3-2-4-8-14)12-17-11-13-6-5-9-15(18)10-13/h2-4,7-8,13,15,17-19H,5-6,9-12H2,1H3. The molecule has 1 aromatic carbocycles. The van der Waals surface area contributed by atoms with E-state index in [0.717, 1.165) is 31.4 Å². The van der Waals surface area contributed by atoms with Crippen LogP contribution < -0.4 is 5.32 Å². The van der Waals surface area contributed by atoms with Gasteiger partial charge in [0.2, 0.25) is 0 Å². The van der Waals surface area contributed by atoms with E-state index >= 15 is 0 Å². The van der Waals surface area contributed by atoms with Crippen molar-refractivity contribution >= 4 is 0 Å². The first-order valence-corrected chi connectivity index (χ1v) is 7.24. The first kappa shape index (κ1) is 14.5. The Morgan fingerprint density at radius 3 is 2.68 bits per heavy atom. The van der Waals surface area contributed by atoms with Crippen LogP contribution >= 0.6 is 0 Å². The summed E-state index contributed by atoms with van der Waals surface area (Å²) < 4.78 is 0. The highest BCUT2D eigenvalue weighted by Gasteiger charge is 2.24. The molecule has 0 heterocycles. The molecular weight excluding hydrogens is 238 g/mol. The van der Waals surface area contributed by atoms with Crippen LogP contribution in [-0.4, -0.2) is 29.4 Å². The second-order valence-corrected chi connectivity index (χ2v) is 5.96. The van der Waals surface area contributed by atoms with E-state index in [-0.39, 0.29) is 6.10 Å². The predicted molar refractivity (Wildman–Crippen MR) is 76.8 cm³/mol. The van der Waals surface area contributed by atoms with Crippen LogP contribution in [-0.2, 0) is 5.60 Å². The van der Waals surface area contributed by atoms with Crippen LogP contribution in [0, 0.1) is 5.92 Å². The molecular formula is C16H25NO2. The number of aliphatic hydroxyl groups excluding tert-OH is 1. The molecule has 1 aliphatic carbocycles. The molecule has 0 radical (unpaired) electrons. The van der Waals surface area contributed by atoms with Gasteiger partial charge in [-0.2, -0.15) is 0 Å². The molecule has 19 heavy (non-hydrogen) atoms. The van der Waals surface area contributed by atoms with Gasteiger partial charge < -0.3 is 15.5 Å². The molecule has 1 aliphatic rings. The van der Waals surface area contributed by atoms with Crippen molar-refractivity contribution in [1.29, 1.82) is 0 Å². The lowest BCUT2D eigenvalue weighted by molar-refractivity contribution is 0.0526. The van der Waals surface area contributed by atoms with Gasteiger partial charge in [-0.25, -0.2) is 0 Å². The Bertz CT molecular complexity index is 378. The van der Waals surface area contributed by atoms with Gasteiger partial charge in [-0.3, -0.25) is 0 Å². The number of aliphatic hydroxyl groups is 2. The van der Waals surface area contributed by atoms with Gasteiger partial charge in [0.25, 0.3) is 0 Å². The molecule has 3 unspecified atom stereocenters. The van der Waals surface area contributed by atoms with E-state index in [1.807, 2.05) is 37.3 Å². The van der Waals surface area contributed by atoms with E-state index in [2.05, 4.69) is 5.32 Å². The molecule has 0 spiro atoms. The molecule has 2 rings (SSSR count). The Balaban J connectivity index is 1.78. The van der Waals surface area contributed by atoms with Crippen molar-refractivity contribution in [3.63, 3.8) is 0 Å². The quantitative estimate of drug-likeness (QED) is 0.762. The summed E-state index contributed by atoms with van der Waals surface area (Å²) >= 11 is 0. The van der Waals surface area contributed by atoms with Crippen molar-refractivity contribution in [2.24, 2.45) is 5.92 Å². The second-order valence-electron chi connectivity index (χ2n) is 5.96. The minimum atomic E-state index is -0.839. The van der Waals surface area contributed by atoms with Gasteiger partial charge in [0.1, 0.15) is 0 Å². The number of rotatable bonds is 5. The molecule has 106 valence electrons. The minimum Gasteiger partial charge on any atom is -0.393 e. The van der Waals surface area contributed by atoms with Gasteiger partial charge >= 0.3 is 0 Å². The van der Waals surface area contributed by atoms with Gasteiger partial charge in [-0.15, -0.1) is 0 Å². The number of nitrogens with one attached hydrogen (secondary N) is 1. The molecule has 3 N–H and O–H groups in total. The highest BCUT2D eigenvalue weighted by atomic mass is 16.3. The number of hydrogen-bond acceptors (Lipinski definition) is 3. The Kier molecular flexibility index (Phi) is 4.97. The van der Waals surface area contributed by atoms with E-state index in [9.17, 15) is 10.2 Å². The third kappa shape index (κ3) is 4.30. The fraction of sp³-hybridized carbons (Fsp3) is 0.625. The summed E-state index contributed by atoms with van der Waals surface area (Å²) in [5.41, 5.74) is 0.0975. The molecule has 0 bridgehead atoms. The van der Waals surface area contributed by atoms with E-state index in [0.29, 0.717) is 12.5 Å². The van der Waals surface area contributed by atoms with E-state index < -0.39 is 5.60 Å². The van der Waals surface area contributed by atoms with Crippen LogP contribution in [0.25, 0.3) is 0 Å². The zero-order valence-electron chi connectivity index (χ0n) is 11.7. The molecule has 0 aliphatic heterocycles. The SMILES string of the molecule is CC(O)(CNCC1CCCC(O)C1)c1ccccc1. The summed E-state index contributed by atoms with van der Waals surface area (Å²) in [6.45, 7) is 3.26. The summed E-state index contributed by atoms with van der Waals surface area (Å²) in [5.74, 6) is 0.537. The summed E-state index contributed by atoms with van der Waals surface area (Å²) in [6.07, 6.45) is 3.99. The maximum atomic E-state index is 10.5. The van der Waals surface area contributed by atoms with Gasteiger partial charge in [-0.05, 0) is 44.2 Å². The Hall–Kier alpha value is -0.900. The van der Waals surface area contributed by atoms with Crippen LogP contribution in [0.3, 0.4) is 0 Å². The smallest absolute Gasteiger partial charge is 0.0992 e. The fourth-order valence-corrected chi connectivity index (χ4v) is 2.87. The molecule has 3 nitrogen and oxygen atoms in total. The zero-order chi connectivity index (χ0) is 13.7. The maximum absolute atomic E-state index is 10.5. The lowest BCUT2D eigenvalue weighted by Gasteiger charge is -2.29.